The van der Waals surface area contributed by atoms with Gasteiger partial charge in [-0.25, -0.2) is 0 Å². The quantitative estimate of drug-likeness (QED) is 0.134. The summed E-state index contributed by atoms with van der Waals surface area (Å²) in [5.74, 6) is -0.612. The molecule has 0 bridgehead atoms. The average molecular weight is 543 g/mol. The smallest absolute Gasteiger partial charge is 0.269 e. The molecule has 4 aromatic rings. The van der Waals surface area contributed by atoms with Crippen molar-refractivity contribution in [3.8, 4) is 17.2 Å². The monoisotopic (exact) mass is 542 g/mol. The summed E-state index contributed by atoms with van der Waals surface area (Å²) in [7, 11) is 0. The number of rotatable bonds is 9. The van der Waals surface area contributed by atoms with Crippen LogP contribution in [0.25, 0.3) is 11.1 Å². The van der Waals surface area contributed by atoms with E-state index in [-0.39, 0.29) is 11.6 Å². The van der Waals surface area contributed by atoms with Crippen LogP contribution in [0.5, 0.6) is 0 Å². The van der Waals surface area contributed by atoms with Crippen LogP contribution < -0.4 is 10.6 Å². The number of carbonyl (C=O) groups excluding carboxylic acids is 2. The third-order valence-electron chi connectivity index (χ3n) is 5.60. The van der Waals surface area contributed by atoms with Crippen LogP contribution in [0.4, 0.5) is 16.4 Å². The standard InChI is InChI=1S/C28H22N4O4S2/c1-2-25(27(34)31-28-23(16-29)24(17-37-28)18-7-4-3-5-8-18)38-22-10-6-9-20(15-22)30-26(33)19-11-13-21(14-12-19)32(35)36/h3-15,17,25H,2H2,1H3,(H,30,33)(H,31,34). The number of hydrogen-bond donors (Lipinski definition) is 2. The van der Waals surface area contributed by atoms with Gasteiger partial charge in [-0.05, 0) is 42.3 Å². The predicted molar refractivity (Wildman–Crippen MR) is 151 cm³/mol. The minimum Gasteiger partial charge on any atom is -0.322 e. The van der Waals surface area contributed by atoms with Gasteiger partial charge < -0.3 is 10.6 Å². The first kappa shape index (κ1) is 26.6. The molecule has 0 radical (unpaired) electrons. The van der Waals surface area contributed by atoms with E-state index >= 15 is 0 Å². The highest BCUT2D eigenvalue weighted by molar-refractivity contribution is 8.00. The topological polar surface area (TPSA) is 125 Å². The molecule has 8 nitrogen and oxygen atoms in total. The van der Waals surface area contributed by atoms with Gasteiger partial charge >= 0.3 is 0 Å². The van der Waals surface area contributed by atoms with Crippen LogP contribution in [-0.2, 0) is 4.79 Å². The Morgan fingerprint density at radius 3 is 2.45 bits per heavy atom. The maximum Gasteiger partial charge on any atom is 0.269 e. The van der Waals surface area contributed by atoms with Gasteiger partial charge in [-0.2, -0.15) is 5.26 Å². The fourth-order valence-corrected chi connectivity index (χ4v) is 5.59. The highest BCUT2D eigenvalue weighted by Crippen LogP contribution is 2.36. The zero-order valence-corrected chi connectivity index (χ0v) is 21.8. The van der Waals surface area contributed by atoms with Gasteiger partial charge in [0, 0.05) is 39.2 Å². The Bertz CT molecular complexity index is 1510. The Morgan fingerprint density at radius 2 is 1.79 bits per heavy atom. The second-order valence-corrected chi connectivity index (χ2v) is 10.3. The predicted octanol–water partition coefficient (Wildman–Crippen LogP) is 6.96. The molecular formula is C28H22N4O4S2. The first-order valence-electron chi connectivity index (χ1n) is 11.6. The molecule has 0 aliphatic rings. The molecule has 1 aromatic heterocycles. The summed E-state index contributed by atoms with van der Waals surface area (Å²) in [5, 5.41) is 28.2. The number of hydrogen-bond acceptors (Lipinski definition) is 7. The summed E-state index contributed by atoms with van der Waals surface area (Å²) in [5.41, 5.74) is 2.86. The molecule has 4 rings (SSSR count). The van der Waals surface area contributed by atoms with Gasteiger partial charge in [0.2, 0.25) is 5.91 Å². The van der Waals surface area contributed by atoms with Crippen LogP contribution in [-0.4, -0.2) is 22.0 Å². The van der Waals surface area contributed by atoms with Crippen LogP contribution in [0.1, 0.15) is 29.3 Å². The van der Waals surface area contributed by atoms with E-state index in [9.17, 15) is 25.0 Å². The lowest BCUT2D eigenvalue weighted by Crippen LogP contribution is -2.24. The second-order valence-electron chi connectivity index (χ2n) is 8.12. The number of nitrogens with one attached hydrogen (secondary N) is 2. The van der Waals surface area contributed by atoms with Crippen molar-refractivity contribution >= 4 is 51.3 Å². The lowest BCUT2D eigenvalue weighted by atomic mass is 10.1. The Hall–Kier alpha value is -4.46. The Balaban J connectivity index is 1.43. The molecule has 1 atom stereocenters. The summed E-state index contributed by atoms with van der Waals surface area (Å²) in [4.78, 5) is 36.8. The van der Waals surface area contributed by atoms with E-state index in [1.807, 2.05) is 48.7 Å². The van der Waals surface area contributed by atoms with Crippen molar-refractivity contribution in [2.45, 2.75) is 23.5 Å². The van der Waals surface area contributed by atoms with E-state index in [1.54, 1.807) is 18.2 Å². The summed E-state index contributed by atoms with van der Waals surface area (Å²) in [6.45, 7) is 1.91. The number of benzene rings is 3. The fraction of sp³-hybridized carbons (Fsp3) is 0.107. The Kier molecular flexibility index (Phi) is 8.53. The number of non-ortho nitro benzene ring substituents is 1. The molecule has 10 heteroatoms. The molecule has 38 heavy (non-hydrogen) atoms. The minimum atomic E-state index is -0.523. The van der Waals surface area contributed by atoms with Crippen molar-refractivity contribution in [3.63, 3.8) is 0 Å². The van der Waals surface area contributed by atoms with E-state index in [0.717, 1.165) is 16.0 Å². The lowest BCUT2D eigenvalue weighted by molar-refractivity contribution is -0.384. The number of thiophene rings is 1. The highest BCUT2D eigenvalue weighted by atomic mass is 32.2. The molecule has 2 N–H and O–H groups in total. The molecule has 3 aromatic carbocycles. The van der Waals surface area contributed by atoms with Gasteiger partial charge in [0.1, 0.15) is 11.1 Å². The summed E-state index contributed by atoms with van der Waals surface area (Å²) >= 11 is 2.68. The van der Waals surface area contributed by atoms with Crippen LogP contribution in [0.15, 0.2) is 89.1 Å². The van der Waals surface area contributed by atoms with Crippen LogP contribution in [0.2, 0.25) is 0 Å². The Labute approximate surface area is 227 Å². The van der Waals surface area contributed by atoms with E-state index in [4.69, 9.17) is 0 Å². The normalized spacial score (nSPS) is 11.3. The van der Waals surface area contributed by atoms with Crippen molar-refractivity contribution in [3.05, 3.63) is 105 Å². The number of nitro groups is 1. The average Bonchev–Trinajstić information content (AvgIpc) is 3.34. The molecule has 0 saturated heterocycles. The Morgan fingerprint density at radius 1 is 1.05 bits per heavy atom. The summed E-state index contributed by atoms with van der Waals surface area (Å²) in [6, 6.07) is 24.2. The molecule has 2 amide bonds. The summed E-state index contributed by atoms with van der Waals surface area (Å²) in [6.07, 6.45) is 0.550. The molecule has 0 spiro atoms. The summed E-state index contributed by atoms with van der Waals surface area (Å²) < 4.78 is 0. The second kappa shape index (κ2) is 12.2. The number of carbonyl (C=O) groups is 2. The first-order chi connectivity index (χ1) is 18.4. The zero-order chi connectivity index (χ0) is 27.1. The van der Waals surface area contributed by atoms with Gasteiger partial charge in [0.15, 0.2) is 0 Å². The lowest BCUT2D eigenvalue weighted by Gasteiger charge is -2.15. The highest BCUT2D eigenvalue weighted by Gasteiger charge is 2.22. The molecule has 0 fully saturated rings. The number of anilines is 2. The van der Waals surface area contributed by atoms with Gasteiger partial charge in [0.05, 0.1) is 15.7 Å². The van der Waals surface area contributed by atoms with Gasteiger partial charge in [0.25, 0.3) is 11.6 Å². The third-order valence-corrected chi connectivity index (χ3v) is 7.85. The van der Waals surface area contributed by atoms with Gasteiger partial charge in [-0.3, -0.25) is 19.7 Å². The van der Waals surface area contributed by atoms with E-state index < -0.39 is 16.1 Å². The van der Waals surface area contributed by atoms with Gasteiger partial charge in [-0.15, -0.1) is 23.1 Å². The molecular weight excluding hydrogens is 520 g/mol. The van der Waals surface area contributed by atoms with Crippen LogP contribution >= 0.6 is 23.1 Å². The van der Waals surface area contributed by atoms with E-state index in [0.29, 0.717) is 28.2 Å². The molecule has 190 valence electrons. The van der Waals surface area contributed by atoms with E-state index in [1.165, 1.54) is 47.4 Å². The molecule has 0 aliphatic carbocycles. The van der Waals surface area contributed by atoms with Crippen molar-refractivity contribution in [1.82, 2.24) is 0 Å². The van der Waals surface area contributed by atoms with Crippen molar-refractivity contribution < 1.29 is 14.5 Å². The third kappa shape index (κ3) is 6.26. The number of amides is 2. The van der Waals surface area contributed by atoms with Crippen LogP contribution in [0, 0.1) is 21.4 Å². The first-order valence-corrected chi connectivity index (χ1v) is 13.4. The number of nitriles is 1. The van der Waals surface area contributed by atoms with Crippen LogP contribution in [0.3, 0.4) is 0 Å². The molecule has 1 heterocycles. The SMILES string of the molecule is CCC(Sc1cccc(NC(=O)c2ccc([N+](=O)[O-])cc2)c1)C(=O)Nc1scc(-c2ccccc2)c1C#N. The number of nitro benzene ring substituents is 1. The zero-order valence-electron chi connectivity index (χ0n) is 20.2. The molecule has 0 aliphatic heterocycles. The number of thioether (sulfide) groups is 1. The van der Waals surface area contributed by atoms with Crippen molar-refractivity contribution in [1.29, 1.82) is 5.26 Å². The maximum atomic E-state index is 13.1. The van der Waals surface area contributed by atoms with Gasteiger partial charge in [-0.1, -0.05) is 43.3 Å². The maximum absolute atomic E-state index is 13.1. The number of nitrogens with zero attached hydrogens (tertiary/aromatic N) is 2. The molecule has 0 saturated carbocycles. The van der Waals surface area contributed by atoms with Crippen molar-refractivity contribution in [2.75, 3.05) is 10.6 Å². The molecule has 1 unspecified atom stereocenters. The largest absolute Gasteiger partial charge is 0.322 e. The fourth-order valence-electron chi connectivity index (χ4n) is 3.65. The minimum absolute atomic E-state index is 0.0930. The van der Waals surface area contributed by atoms with Crippen molar-refractivity contribution in [2.24, 2.45) is 0 Å². The van der Waals surface area contributed by atoms with E-state index in [2.05, 4.69) is 16.7 Å².